The smallest absolute Gasteiger partial charge is 0.0317 e. The minimum absolute atomic E-state index is 0.496. The lowest BCUT2D eigenvalue weighted by molar-refractivity contribution is 0.295. The summed E-state index contributed by atoms with van der Waals surface area (Å²) in [4.78, 5) is 0. The highest BCUT2D eigenvalue weighted by Gasteiger charge is 2.28. The molecule has 1 fully saturated rings. The molecule has 0 radical (unpaired) electrons. The quantitative estimate of drug-likeness (QED) is 0.800. The highest BCUT2D eigenvalue weighted by molar-refractivity contribution is 9.10. The van der Waals surface area contributed by atoms with E-state index in [1.54, 1.807) is 0 Å². The Bertz CT molecular complexity index is 365. The lowest BCUT2D eigenvalue weighted by atomic mass is 9.88. The van der Waals surface area contributed by atoms with Crippen LogP contribution >= 0.6 is 15.9 Å². The lowest BCUT2D eigenvalue weighted by Gasteiger charge is -2.27. The molecule has 1 saturated carbocycles. The van der Waals surface area contributed by atoms with Gasteiger partial charge in [0, 0.05) is 17.1 Å². The van der Waals surface area contributed by atoms with Crippen molar-refractivity contribution < 1.29 is 0 Å². The standard InChI is InChI=1S/C16H24BrN/c1-3-15(13-6-8-14(17)9-7-13)18-12-16(2)10-4-5-11-16/h6-9,15,18H,3-5,10-12H2,1-2H3. The lowest BCUT2D eigenvalue weighted by Crippen LogP contribution is -2.32. The number of rotatable bonds is 5. The van der Waals surface area contributed by atoms with Gasteiger partial charge >= 0.3 is 0 Å². The first kappa shape index (κ1) is 14.1. The van der Waals surface area contributed by atoms with Gasteiger partial charge in [0.2, 0.25) is 0 Å². The molecule has 0 saturated heterocycles. The number of nitrogens with one attached hydrogen (secondary N) is 1. The second-order valence-electron chi connectivity index (χ2n) is 5.91. The van der Waals surface area contributed by atoms with Gasteiger partial charge in [0.1, 0.15) is 0 Å². The van der Waals surface area contributed by atoms with Gasteiger partial charge in [-0.25, -0.2) is 0 Å². The predicted molar refractivity (Wildman–Crippen MR) is 81.8 cm³/mol. The van der Waals surface area contributed by atoms with Crippen LogP contribution in [0.25, 0.3) is 0 Å². The Balaban J connectivity index is 1.95. The summed E-state index contributed by atoms with van der Waals surface area (Å²) in [6.07, 6.45) is 6.74. The number of benzene rings is 1. The molecule has 18 heavy (non-hydrogen) atoms. The third kappa shape index (κ3) is 3.58. The molecule has 1 aromatic carbocycles. The largest absolute Gasteiger partial charge is 0.309 e. The second kappa shape index (κ2) is 6.21. The van der Waals surface area contributed by atoms with E-state index in [4.69, 9.17) is 0 Å². The van der Waals surface area contributed by atoms with E-state index in [1.165, 1.54) is 31.2 Å². The van der Waals surface area contributed by atoms with Crippen molar-refractivity contribution in [3.05, 3.63) is 34.3 Å². The van der Waals surface area contributed by atoms with Crippen LogP contribution in [-0.4, -0.2) is 6.54 Å². The molecule has 0 aliphatic heterocycles. The van der Waals surface area contributed by atoms with Crippen LogP contribution in [0.1, 0.15) is 57.6 Å². The third-order valence-electron chi connectivity index (χ3n) is 4.27. The molecule has 1 N–H and O–H groups in total. The fourth-order valence-corrected chi connectivity index (χ4v) is 3.23. The van der Waals surface area contributed by atoms with Crippen LogP contribution < -0.4 is 5.32 Å². The number of hydrogen-bond acceptors (Lipinski definition) is 1. The third-order valence-corrected chi connectivity index (χ3v) is 4.80. The molecule has 2 rings (SSSR count). The van der Waals surface area contributed by atoms with Gasteiger partial charge in [0.15, 0.2) is 0 Å². The number of hydrogen-bond donors (Lipinski definition) is 1. The van der Waals surface area contributed by atoms with Crippen LogP contribution in [-0.2, 0) is 0 Å². The fourth-order valence-electron chi connectivity index (χ4n) is 2.97. The Kier molecular flexibility index (Phi) is 4.85. The average molecular weight is 310 g/mol. The van der Waals surface area contributed by atoms with Crippen LogP contribution in [0.3, 0.4) is 0 Å². The molecular formula is C16H24BrN. The van der Waals surface area contributed by atoms with E-state index in [9.17, 15) is 0 Å². The summed E-state index contributed by atoms with van der Waals surface area (Å²) in [6, 6.07) is 9.22. The van der Waals surface area contributed by atoms with Gasteiger partial charge in [-0.05, 0) is 42.4 Å². The van der Waals surface area contributed by atoms with Gasteiger partial charge in [0.25, 0.3) is 0 Å². The molecule has 0 bridgehead atoms. The molecule has 0 spiro atoms. The highest BCUT2D eigenvalue weighted by atomic mass is 79.9. The summed E-state index contributed by atoms with van der Waals surface area (Å²) < 4.78 is 1.16. The Hall–Kier alpha value is -0.340. The molecule has 1 nitrogen and oxygen atoms in total. The highest BCUT2D eigenvalue weighted by Crippen LogP contribution is 2.37. The van der Waals surface area contributed by atoms with Crippen molar-refractivity contribution in [2.45, 2.75) is 52.0 Å². The zero-order valence-electron chi connectivity index (χ0n) is 11.5. The molecule has 100 valence electrons. The minimum Gasteiger partial charge on any atom is -0.309 e. The van der Waals surface area contributed by atoms with E-state index in [0.29, 0.717) is 11.5 Å². The van der Waals surface area contributed by atoms with Gasteiger partial charge in [0.05, 0.1) is 0 Å². The molecule has 1 atom stereocenters. The van der Waals surface area contributed by atoms with E-state index in [0.717, 1.165) is 17.4 Å². The molecule has 0 amide bonds. The summed E-state index contributed by atoms with van der Waals surface area (Å²) in [6.45, 7) is 5.85. The average Bonchev–Trinajstić information content (AvgIpc) is 2.79. The zero-order valence-corrected chi connectivity index (χ0v) is 13.1. The first-order valence-corrected chi connectivity index (χ1v) is 7.91. The molecule has 1 aliphatic carbocycles. The van der Waals surface area contributed by atoms with Crippen molar-refractivity contribution in [1.82, 2.24) is 5.32 Å². The topological polar surface area (TPSA) is 12.0 Å². The van der Waals surface area contributed by atoms with Crippen molar-refractivity contribution >= 4 is 15.9 Å². The SMILES string of the molecule is CCC(NCC1(C)CCCC1)c1ccc(Br)cc1. The molecule has 1 aromatic rings. The van der Waals surface area contributed by atoms with Gasteiger partial charge in [-0.2, -0.15) is 0 Å². The molecular weight excluding hydrogens is 286 g/mol. The maximum atomic E-state index is 3.77. The molecule has 0 aromatic heterocycles. The Morgan fingerprint density at radius 2 is 1.83 bits per heavy atom. The van der Waals surface area contributed by atoms with Crippen LogP contribution in [0.15, 0.2) is 28.7 Å². The zero-order chi connectivity index (χ0) is 13.0. The van der Waals surface area contributed by atoms with Gasteiger partial charge < -0.3 is 5.32 Å². The van der Waals surface area contributed by atoms with E-state index in [-0.39, 0.29) is 0 Å². The van der Waals surface area contributed by atoms with Crippen molar-refractivity contribution in [1.29, 1.82) is 0 Å². The molecule has 0 heterocycles. The van der Waals surface area contributed by atoms with E-state index < -0.39 is 0 Å². The van der Waals surface area contributed by atoms with Gasteiger partial charge in [-0.15, -0.1) is 0 Å². The van der Waals surface area contributed by atoms with E-state index >= 15 is 0 Å². The molecule has 2 heteroatoms. The maximum absolute atomic E-state index is 3.77. The van der Waals surface area contributed by atoms with Crippen LogP contribution in [0.2, 0.25) is 0 Å². The van der Waals surface area contributed by atoms with E-state index in [1.807, 2.05) is 0 Å². The normalized spacial score (nSPS) is 19.9. The van der Waals surface area contributed by atoms with Gasteiger partial charge in [-0.3, -0.25) is 0 Å². The molecule has 1 unspecified atom stereocenters. The minimum atomic E-state index is 0.496. The van der Waals surface area contributed by atoms with Crippen molar-refractivity contribution in [3.8, 4) is 0 Å². The number of halogens is 1. The van der Waals surface area contributed by atoms with Crippen molar-refractivity contribution in [3.63, 3.8) is 0 Å². The Labute approximate surface area is 119 Å². The van der Waals surface area contributed by atoms with Crippen molar-refractivity contribution in [2.75, 3.05) is 6.54 Å². The Morgan fingerprint density at radius 1 is 1.22 bits per heavy atom. The first-order chi connectivity index (χ1) is 8.63. The van der Waals surface area contributed by atoms with E-state index in [2.05, 4.69) is 59.4 Å². The Morgan fingerprint density at radius 3 is 2.39 bits per heavy atom. The first-order valence-electron chi connectivity index (χ1n) is 7.12. The summed E-state index contributed by atoms with van der Waals surface area (Å²) in [7, 11) is 0. The second-order valence-corrected chi connectivity index (χ2v) is 6.83. The fraction of sp³-hybridized carbons (Fsp3) is 0.625. The summed E-state index contributed by atoms with van der Waals surface area (Å²) in [5, 5.41) is 3.77. The van der Waals surface area contributed by atoms with Crippen LogP contribution in [0.4, 0.5) is 0 Å². The van der Waals surface area contributed by atoms with Crippen LogP contribution in [0, 0.1) is 5.41 Å². The molecule has 1 aliphatic rings. The van der Waals surface area contributed by atoms with Crippen LogP contribution in [0.5, 0.6) is 0 Å². The summed E-state index contributed by atoms with van der Waals surface area (Å²) in [5.41, 5.74) is 1.94. The predicted octanol–water partition coefficient (Wildman–Crippen LogP) is 5.07. The van der Waals surface area contributed by atoms with Crippen molar-refractivity contribution in [2.24, 2.45) is 5.41 Å². The monoisotopic (exact) mass is 309 g/mol. The maximum Gasteiger partial charge on any atom is 0.0317 e. The summed E-state index contributed by atoms with van der Waals surface area (Å²) >= 11 is 3.50. The van der Waals surface area contributed by atoms with Gasteiger partial charge in [-0.1, -0.05) is 54.8 Å². The summed E-state index contributed by atoms with van der Waals surface area (Å²) in [5.74, 6) is 0.